The first-order valence-corrected chi connectivity index (χ1v) is 4.09. The van der Waals surface area contributed by atoms with Gasteiger partial charge in [-0.1, -0.05) is 6.92 Å². The standard InChI is InChI=1S/C4H10N2O2.H3NO2S/c1-2-6(5)3-4(7)8;1-4(2)3/h2-3,5H2,1H3,(H,7,8);1H2,(H,2,3)/p-1. The summed E-state index contributed by atoms with van der Waals surface area (Å²) >= 11 is -2.36. The van der Waals surface area contributed by atoms with Crippen LogP contribution in [-0.4, -0.2) is 37.9 Å². The summed E-state index contributed by atoms with van der Waals surface area (Å²) in [5.41, 5.74) is 0. The van der Waals surface area contributed by atoms with Crippen LogP contribution in [-0.2, 0) is 16.1 Å². The second kappa shape index (κ2) is 8.56. The lowest BCUT2D eigenvalue weighted by Crippen LogP contribution is -2.35. The van der Waals surface area contributed by atoms with Crippen LogP contribution in [0.5, 0.6) is 0 Å². The highest BCUT2D eigenvalue weighted by Crippen LogP contribution is 1.72. The predicted molar refractivity (Wildman–Crippen MR) is 42.2 cm³/mol. The summed E-state index contributed by atoms with van der Waals surface area (Å²) in [6.45, 7) is 2.27. The fraction of sp³-hybridized carbons (Fsp3) is 0.750. The van der Waals surface area contributed by atoms with E-state index in [1.165, 1.54) is 5.01 Å². The predicted octanol–water partition coefficient (Wildman–Crippen LogP) is -1.99. The molecule has 0 bridgehead atoms. The van der Waals surface area contributed by atoms with Gasteiger partial charge in [-0.15, -0.1) is 0 Å². The van der Waals surface area contributed by atoms with E-state index in [4.69, 9.17) is 19.7 Å². The lowest BCUT2D eigenvalue weighted by Gasteiger charge is -2.07. The molecule has 0 aliphatic carbocycles. The first-order valence-electron chi connectivity index (χ1n) is 2.95. The summed E-state index contributed by atoms with van der Waals surface area (Å²) in [6, 6.07) is 0. The van der Waals surface area contributed by atoms with Crippen LogP contribution in [0.3, 0.4) is 0 Å². The Morgan fingerprint density at radius 3 is 2.17 bits per heavy atom. The lowest BCUT2D eigenvalue weighted by atomic mass is 10.6. The number of hydrogen-bond acceptors (Lipinski definition) is 5. The maximum atomic E-state index is 9.85. The summed E-state index contributed by atoms with van der Waals surface area (Å²) in [5, 5.41) is 13.3. The van der Waals surface area contributed by atoms with E-state index >= 15 is 0 Å². The molecule has 0 spiro atoms. The van der Waals surface area contributed by atoms with Gasteiger partial charge in [0.2, 0.25) is 0 Å². The smallest absolute Gasteiger partial charge is 0.319 e. The molecule has 0 aliphatic rings. The normalized spacial score (nSPS) is 11.8. The Bertz CT molecular complexity index is 149. The minimum Gasteiger partial charge on any atom is -0.760 e. The second-order valence-corrected chi connectivity index (χ2v) is 2.24. The number of carboxylic acid groups (broad SMARTS) is 1. The van der Waals surface area contributed by atoms with Crippen molar-refractivity contribution in [3.05, 3.63) is 0 Å². The Morgan fingerprint density at radius 1 is 1.75 bits per heavy atom. The number of likely N-dealkylation sites (N-methyl/N-ethyl adjacent to an activating group) is 1. The fourth-order valence-electron chi connectivity index (χ4n) is 0.286. The Labute approximate surface area is 72.7 Å². The van der Waals surface area contributed by atoms with Gasteiger partial charge in [-0.25, -0.2) is 5.01 Å². The topological polar surface area (TPSA) is 133 Å². The van der Waals surface area contributed by atoms with Crippen LogP contribution in [0.2, 0.25) is 0 Å². The molecule has 0 aromatic rings. The molecule has 8 heteroatoms. The van der Waals surface area contributed by atoms with Crippen LogP contribution in [0.25, 0.3) is 0 Å². The maximum Gasteiger partial charge on any atom is 0.319 e. The van der Waals surface area contributed by atoms with Gasteiger partial charge in [0.05, 0.1) is 0 Å². The van der Waals surface area contributed by atoms with Gasteiger partial charge in [0.15, 0.2) is 0 Å². The van der Waals surface area contributed by atoms with Crippen LogP contribution in [0.1, 0.15) is 6.92 Å². The van der Waals surface area contributed by atoms with E-state index in [1.54, 1.807) is 6.92 Å². The van der Waals surface area contributed by atoms with Crippen LogP contribution in [0.15, 0.2) is 0 Å². The number of rotatable bonds is 3. The molecule has 0 aliphatic heterocycles. The average Bonchev–Trinajstić information content (AvgIpc) is 1.84. The zero-order valence-corrected chi connectivity index (χ0v) is 7.41. The van der Waals surface area contributed by atoms with Gasteiger partial charge in [0.1, 0.15) is 6.54 Å². The number of nitrogens with zero attached hydrogens (tertiary/aromatic N) is 1. The van der Waals surface area contributed by atoms with E-state index in [0.29, 0.717) is 6.54 Å². The third-order valence-corrected chi connectivity index (χ3v) is 0.745. The molecule has 12 heavy (non-hydrogen) atoms. The number of carboxylic acids is 1. The molecule has 0 heterocycles. The van der Waals surface area contributed by atoms with Crippen molar-refractivity contribution in [2.45, 2.75) is 6.92 Å². The number of carbonyl (C=O) groups is 1. The van der Waals surface area contributed by atoms with Crippen molar-refractivity contribution < 1.29 is 18.7 Å². The van der Waals surface area contributed by atoms with E-state index in [2.05, 4.69) is 5.14 Å². The van der Waals surface area contributed by atoms with Gasteiger partial charge in [0.25, 0.3) is 0 Å². The lowest BCUT2D eigenvalue weighted by molar-refractivity contribution is -0.138. The summed E-state index contributed by atoms with van der Waals surface area (Å²) in [4.78, 5) is 9.85. The van der Waals surface area contributed by atoms with Crippen molar-refractivity contribution in [1.29, 1.82) is 0 Å². The molecule has 0 saturated carbocycles. The highest BCUT2D eigenvalue weighted by molar-refractivity contribution is 7.76. The molecule has 1 atom stereocenters. The first kappa shape index (κ1) is 14.0. The highest BCUT2D eigenvalue weighted by Gasteiger charge is 1.99. The van der Waals surface area contributed by atoms with Crippen molar-refractivity contribution in [2.75, 3.05) is 13.1 Å². The fourth-order valence-corrected chi connectivity index (χ4v) is 0.286. The second-order valence-electron chi connectivity index (χ2n) is 1.72. The van der Waals surface area contributed by atoms with Gasteiger partial charge in [-0.2, -0.15) is 0 Å². The van der Waals surface area contributed by atoms with E-state index in [0.717, 1.165) is 0 Å². The summed E-state index contributed by atoms with van der Waals surface area (Å²) in [7, 11) is 0. The average molecular weight is 198 g/mol. The molecular formula is C4H12N3O4S-. The largest absolute Gasteiger partial charge is 0.760 e. The number of nitrogens with two attached hydrogens (primary N) is 2. The molecule has 0 amide bonds. The third-order valence-electron chi connectivity index (χ3n) is 0.745. The SMILES string of the molecule is CCN(N)CC(=O)O.NS(=O)[O-]. The minimum atomic E-state index is -2.36. The molecule has 1 unspecified atom stereocenters. The van der Waals surface area contributed by atoms with Gasteiger partial charge < -0.3 is 9.66 Å². The van der Waals surface area contributed by atoms with Crippen LogP contribution in [0, 0.1) is 0 Å². The number of hydrogen-bond donors (Lipinski definition) is 3. The van der Waals surface area contributed by atoms with E-state index in [9.17, 15) is 4.79 Å². The molecule has 5 N–H and O–H groups in total. The molecule has 0 aromatic heterocycles. The summed E-state index contributed by atoms with van der Waals surface area (Å²) in [5.74, 6) is 4.23. The van der Waals surface area contributed by atoms with E-state index in [-0.39, 0.29) is 6.54 Å². The van der Waals surface area contributed by atoms with Crippen LogP contribution < -0.4 is 11.0 Å². The third kappa shape index (κ3) is 22.7. The molecule has 0 saturated heterocycles. The number of hydrazine groups is 1. The van der Waals surface area contributed by atoms with Crippen molar-refractivity contribution >= 4 is 17.2 Å². The molecule has 7 nitrogen and oxygen atoms in total. The molecule has 0 radical (unpaired) electrons. The zero-order chi connectivity index (χ0) is 10.1. The Morgan fingerprint density at radius 2 is 2.08 bits per heavy atom. The van der Waals surface area contributed by atoms with Crippen LogP contribution in [0.4, 0.5) is 0 Å². The molecular weight excluding hydrogens is 186 g/mol. The zero-order valence-electron chi connectivity index (χ0n) is 6.60. The monoisotopic (exact) mass is 198 g/mol. The maximum absolute atomic E-state index is 9.85. The van der Waals surface area contributed by atoms with Gasteiger partial charge in [-0.05, 0) is 0 Å². The van der Waals surface area contributed by atoms with E-state index in [1.807, 2.05) is 0 Å². The van der Waals surface area contributed by atoms with Crippen molar-refractivity contribution in [3.8, 4) is 0 Å². The summed E-state index contributed by atoms with van der Waals surface area (Å²) < 4.78 is 17.6. The van der Waals surface area contributed by atoms with Gasteiger partial charge >= 0.3 is 5.97 Å². The molecule has 0 aromatic carbocycles. The van der Waals surface area contributed by atoms with Gasteiger partial charge in [0, 0.05) is 17.8 Å². The van der Waals surface area contributed by atoms with Crippen molar-refractivity contribution in [1.82, 2.24) is 5.01 Å². The Balaban J connectivity index is 0. The summed E-state index contributed by atoms with van der Waals surface area (Å²) in [6.07, 6.45) is 0. The quantitative estimate of drug-likeness (QED) is 0.273. The highest BCUT2D eigenvalue weighted by atomic mass is 32.2. The number of aliphatic carboxylic acids is 1. The molecule has 0 rings (SSSR count). The Kier molecular flexibility index (Phi) is 9.99. The first-order chi connectivity index (χ1) is 5.40. The minimum absolute atomic E-state index is 0.0868. The van der Waals surface area contributed by atoms with Crippen molar-refractivity contribution in [3.63, 3.8) is 0 Å². The molecule has 74 valence electrons. The van der Waals surface area contributed by atoms with Gasteiger partial charge in [-0.3, -0.25) is 20.0 Å². The van der Waals surface area contributed by atoms with Crippen LogP contribution >= 0.6 is 0 Å². The Hall–Kier alpha value is -0.540. The van der Waals surface area contributed by atoms with Crippen molar-refractivity contribution in [2.24, 2.45) is 11.0 Å². The molecule has 0 fully saturated rings. The van der Waals surface area contributed by atoms with E-state index < -0.39 is 17.2 Å².